The highest BCUT2D eigenvalue weighted by atomic mass is 19.4. The Kier molecular flexibility index (Phi) is 3.72. The molecule has 2 N–H and O–H groups in total. The van der Waals surface area contributed by atoms with Gasteiger partial charge in [-0.25, -0.2) is 0 Å². The third kappa shape index (κ3) is 3.20. The molecule has 0 saturated heterocycles. The molecule has 4 nitrogen and oxygen atoms in total. The molecule has 17 heavy (non-hydrogen) atoms. The molecule has 1 aromatic rings. The zero-order chi connectivity index (χ0) is 13.1. The number of anilines is 1. The van der Waals surface area contributed by atoms with Crippen molar-refractivity contribution in [3.05, 3.63) is 29.3 Å². The van der Waals surface area contributed by atoms with Gasteiger partial charge in [0.15, 0.2) is 0 Å². The third-order valence-corrected chi connectivity index (χ3v) is 1.98. The predicted molar refractivity (Wildman–Crippen MR) is 54.5 cm³/mol. The number of nitrogens with one attached hydrogen (secondary N) is 2. The molecule has 0 aliphatic carbocycles. The Hall–Kier alpha value is -2.05. The van der Waals surface area contributed by atoms with Gasteiger partial charge in [-0.3, -0.25) is 9.59 Å². The molecular formula is C10H9F3N2O2. The van der Waals surface area contributed by atoms with Crippen LogP contribution >= 0.6 is 0 Å². The zero-order valence-corrected chi connectivity index (χ0v) is 8.76. The molecule has 0 atom stereocenters. The van der Waals surface area contributed by atoms with Gasteiger partial charge in [0, 0.05) is 18.3 Å². The maximum absolute atomic E-state index is 12.5. The second-order valence-electron chi connectivity index (χ2n) is 3.14. The summed E-state index contributed by atoms with van der Waals surface area (Å²) in [4.78, 5) is 21.4. The topological polar surface area (TPSA) is 58.2 Å². The summed E-state index contributed by atoms with van der Waals surface area (Å²) in [5, 5.41) is 4.29. The maximum atomic E-state index is 12.5. The largest absolute Gasteiger partial charge is 0.416 e. The van der Waals surface area contributed by atoms with Crippen molar-refractivity contribution in [3.8, 4) is 0 Å². The fraction of sp³-hybridized carbons (Fsp3) is 0.200. The van der Waals surface area contributed by atoms with Crippen LogP contribution in [0.25, 0.3) is 0 Å². The van der Waals surface area contributed by atoms with Gasteiger partial charge in [-0.2, -0.15) is 13.2 Å². The van der Waals surface area contributed by atoms with Crippen LogP contribution in [0.3, 0.4) is 0 Å². The molecule has 7 heteroatoms. The molecule has 1 rings (SSSR count). The number of rotatable bonds is 3. The van der Waals surface area contributed by atoms with Gasteiger partial charge in [0.05, 0.1) is 5.56 Å². The predicted octanol–water partition coefficient (Wildman–Crippen LogP) is 1.63. The van der Waals surface area contributed by atoms with E-state index < -0.39 is 17.6 Å². The summed E-state index contributed by atoms with van der Waals surface area (Å²) in [6.07, 6.45) is -4.34. The number of carbonyl (C=O) groups is 2. The lowest BCUT2D eigenvalue weighted by molar-refractivity contribution is -0.137. The van der Waals surface area contributed by atoms with Crippen LogP contribution in [0.15, 0.2) is 18.2 Å². The maximum Gasteiger partial charge on any atom is 0.416 e. The first-order valence-electron chi connectivity index (χ1n) is 4.53. The summed E-state index contributed by atoms with van der Waals surface area (Å²) in [5.74, 6) is -0.662. The smallest absolute Gasteiger partial charge is 0.355 e. The molecule has 0 heterocycles. The lowest BCUT2D eigenvalue weighted by atomic mass is 10.1. The van der Waals surface area contributed by atoms with Crippen LogP contribution in [0.2, 0.25) is 0 Å². The number of amides is 2. The van der Waals surface area contributed by atoms with E-state index in [1.165, 1.54) is 7.05 Å². The number of benzene rings is 1. The molecule has 0 saturated carbocycles. The first kappa shape index (κ1) is 13.0. The molecule has 0 aromatic heterocycles. The highest BCUT2D eigenvalue weighted by Gasteiger charge is 2.31. The number of hydrogen-bond donors (Lipinski definition) is 2. The van der Waals surface area contributed by atoms with E-state index >= 15 is 0 Å². The average molecular weight is 246 g/mol. The minimum atomic E-state index is -4.58. The van der Waals surface area contributed by atoms with Crippen molar-refractivity contribution >= 4 is 18.0 Å². The fourth-order valence-corrected chi connectivity index (χ4v) is 1.22. The fourth-order valence-electron chi connectivity index (χ4n) is 1.22. The molecule has 92 valence electrons. The Morgan fingerprint density at radius 3 is 2.41 bits per heavy atom. The number of halogens is 3. The van der Waals surface area contributed by atoms with E-state index in [0.717, 1.165) is 18.2 Å². The third-order valence-electron chi connectivity index (χ3n) is 1.98. The van der Waals surface area contributed by atoms with E-state index in [2.05, 4.69) is 10.6 Å². The van der Waals surface area contributed by atoms with E-state index in [9.17, 15) is 22.8 Å². The van der Waals surface area contributed by atoms with Gasteiger partial charge >= 0.3 is 6.18 Å². The van der Waals surface area contributed by atoms with Crippen molar-refractivity contribution < 1.29 is 22.8 Å². The Balaban J connectivity index is 3.28. The summed E-state index contributed by atoms with van der Waals surface area (Å²) in [7, 11) is 1.30. The summed E-state index contributed by atoms with van der Waals surface area (Å²) >= 11 is 0. The van der Waals surface area contributed by atoms with Crippen LogP contribution in [-0.4, -0.2) is 19.4 Å². The molecule has 0 aliphatic heterocycles. The Morgan fingerprint density at radius 1 is 1.29 bits per heavy atom. The van der Waals surface area contributed by atoms with E-state index in [1.807, 2.05) is 0 Å². The highest BCUT2D eigenvalue weighted by molar-refractivity contribution is 5.95. The molecule has 0 bridgehead atoms. The minimum Gasteiger partial charge on any atom is -0.355 e. The van der Waals surface area contributed by atoms with Crippen molar-refractivity contribution in [1.29, 1.82) is 0 Å². The quantitative estimate of drug-likeness (QED) is 0.796. The van der Waals surface area contributed by atoms with Crippen LogP contribution in [-0.2, 0) is 11.0 Å². The summed E-state index contributed by atoms with van der Waals surface area (Å²) < 4.78 is 37.5. The Bertz CT molecular complexity index is 444. The molecule has 0 spiro atoms. The van der Waals surface area contributed by atoms with Crippen molar-refractivity contribution in [2.24, 2.45) is 0 Å². The van der Waals surface area contributed by atoms with Crippen LogP contribution in [0, 0.1) is 0 Å². The van der Waals surface area contributed by atoms with Gasteiger partial charge in [-0.05, 0) is 18.2 Å². The van der Waals surface area contributed by atoms with Gasteiger partial charge in [-0.15, -0.1) is 0 Å². The van der Waals surface area contributed by atoms with Crippen LogP contribution in [0.5, 0.6) is 0 Å². The standard InChI is InChI=1S/C10H9F3N2O2/c1-14-9(17)6-2-7(10(11,12)13)4-8(3-6)15-5-16/h2-5H,1H3,(H,14,17)(H,15,16). The second-order valence-corrected chi connectivity index (χ2v) is 3.14. The van der Waals surface area contributed by atoms with E-state index in [1.54, 1.807) is 0 Å². The van der Waals surface area contributed by atoms with Gasteiger partial charge in [0.2, 0.25) is 6.41 Å². The Morgan fingerprint density at radius 2 is 1.94 bits per heavy atom. The van der Waals surface area contributed by atoms with Gasteiger partial charge in [-0.1, -0.05) is 0 Å². The van der Waals surface area contributed by atoms with Crippen molar-refractivity contribution in [2.75, 3.05) is 12.4 Å². The van der Waals surface area contributed by atoms with Crippen molar-refractivity contribution in [1.82, 2.24) is 5.32 Å². The Labute approximate surface area is 94.8 Å². The second kappa shape index (κ2) is 4.86. The number of alkyl halides is 3. The lowest BCUT2D eigenvalue weighted by Gasteiger charge is -2.11. The van der Waals surface area contributed by atoms with E-state index in [4.69, 9.17) is 0 Å². The lowest BCUT2D eigenvalue weighted by Crippen LogP contribution is -2.19. The zero-order valence-electron chi connectivity index (χ0n) is 8.76. The van der Waals surface area contributed by atoms with Crippen LogP contribution in [0.4, 0.5) is 18.9 Å². The van der Waals surface area contributed by atoms with Crippen molar-refractivity contribution in [2.45, 2.75) is 6.18 Å². The molecule has 0 fully saturated rings. The van der Waals surface area contributed by atoms with Crippen molar-refractivity contribution in [3.63, 3.8) is 0 Å². The first-order chi connectivity index (χ1) is 7.88. The van der Waals surface area contributed by atoms with Gasteiger partial charge in [0.25, 0.3) is 5.91 Å². The minimum absolute atomic E-state index is 0.0894. The summed E-state index contributed by atoms with van der Waals surface area (Å²) in [6, 6.07) is 2.62. The summed E-state index contributed by atoms with van der Waals surface area (Å²) in [6.45, 7) is 0. The molecule has 0 unspecified atom stereocenters. The van der Waals surface area contributed by atoms with Crippen LogP contribution in [0.1, 0.15) is 15.9 Å². The van der Waals surface area contributed by atoms with E-state index in [0.29, 0.717) is 0 Å². The van der Waals surface area contributed by atoms with Gasteiger partial charge < -0.3 is 10.6 Å². The first-order valence-corrected chi connectivity index (χ1v) is 4.53. The highest BCUT2D eigenvalue weighted by Crippen LogP contribution is 2.31. The molecular weight excluding hydrogens is 237 g/mol. The number of hydrogen-bond acceptors (Lipinski definition) is 2. The summed E-state index contributed by atoms with van der Waals surface area (Å²) in [5.41, 5.74) is -1.26. The van der Waals surface area contributed by atoms with Crippen LogP contribution < -0.4 is 10.6 Å². The monoisotopic (exact) mass is 246 g/mol. The molecule has 0 aliphatic rings. The molecule has 0 radical (unpaired) electrons. The number of carbonyl (C=O) groups excluding carboxylic acids is 2. The normalized spacial score (nSPS) is 10.8. The molecule has 1 aromatic carbocycles. The SMILES string of the molecule is CNC(=O)c1cc(NC=O)cc(C(F)(F)F)c1. The van der Waals surface area contributed by atoms with E-state index in [-0.39, 0.29) is 17.7 Å². The molecule has 2 amide bonds. The average Bonchev–Trinajstić information content (AvgIpc) is 2.27. The van der Waals surface area contributed by atoms with Gasteiger partial charge in [0.1, 0.15) is 0 Å².